The Kier molecular flexibility index (Phi) is 3.87. The normalized spacial score (nSPS) is 17.1. The van der Waals surface area contributed by atoms with E-state index in [1.165, 1.54) is 19.3 Å². The summed E-state index contributed by atoms with van der Waals surface area (Å²) in [6, 6.07) is 0. The molecule has 0 spiro atoms. The zero-order chi connectivity index (χ0) is 12.3. The van der Waals surface area contributed by atoms with Crippen LogP contribution in [-0.4, -0.2) is 17.1 Å². The Morgan fingerprint density at radius 3 is 2.76 bits per heavy atom. The van der Waals surface area contributed by atoms with Gasteiger partial charge in [-0.25, -0.2) is 4.98 Å². The molecule has 17 heavy (non-hydrogen) atoms. The number of hydrogen-bond acceptors (Lipinski definition) is 3. The van der Waals surface area contributed by atoms with Crippen molar-refractivity contribution in [3.63, 3.8) is 0 Å². The molecule has 2 rings (SSSR count). The fraction of sp³-hybridized carbons (Fsp3) is 0.786. The average Bonchev–Trinajstić information content (AvgIpc) is 2.57. The number of nitrogens with one attached hydrogen (secondary N) is 1. The van der Waals surface area contributed by atoms with Crippen molar-refractivity contribution in [3.8, 4) is 0 Å². The first-order chi connectivity index (χ1) is 8.03. The van der Waals surface area contributed by atoms with Crippen LogP contribution in [0, 0.1) is 5.92 Å². The second-order valence-electron chi connectivity index (χ2n) is 6.15. The molecule has 1 heterocycles. The van der Waals surface area contributed by atoms with Gasteiger partial charge >= 0.3 is 0 Å². The van der Waals surface area contributed by atoms with Crippen LogP contribution < -0.4 is 5.32 Å². The second kappa shape index (κ2) is 5.21. The van der Waals surface area contributed by atoms with E-state index in [1.54, 1.807) is 0 Å². The van der Waals surface area contributed by atoms with Gasteiger partial charge in [0.05, 0.1) is 6.20 Å². The summed E-state index contributed by atoms with van der Waals surface area (Å²) < 4.78 is 5.75. The predicted octanol–water partition coefficient (Wildman–Crippen LogP) is 2.95. The molecule has 0 aliphatic heterocycles. The fourth-order valence-corrected chi connectivity index (χ4v) is 2.08. The quantitative estimate of drug-likeness (QED) is 0.854. The van der Waals surface area contributed by atoms with E-state index in [4.69, 9.17) is 4.42 Å². The number of hydrogen-bond donors (Lipinski definition) is 1. The van der Waals surface area contributed by atoms with E-state index in [0.717, 1.165) is 37.0 Å². The molecule has 1 fully saturated rings. The standard InChI is InChI=1S/C14H24N2O/c1-14(2,3)16-8-7-13-15-10-12(17-13)9-11-5-4-6-11/h10-11,16H,4-9H2,1-3H3. The van der Waals surface area contributed by atoms with Crippen LogP contribution in [0.4, 0.5) is 0 Å². The van der Waals surface area contributed by atoms with E-state index in [2.05, 4.69) is 31.1 Å². The molecule has 1 aromatic rings. The Bertz CT molecular complexity index is 347. The molecular formula is C14H24N2O. The Morgan fingerprint density at radius 2 is 2.18 bits per heavy atom. The van der Waals surface area contributed by atoms with Gasteiger partial charge in [0, 0.05) is 24.9 Å². The van der Waals surface area contributed by atoms with Crippen molar-refractivity contribution in [3.05, 3.63) is 17.8 Å². The van der Waals surface area contributed by atoms with Gasteiger partial charge in [-0.15, -0.1) is 0 Å². The van der Waals surface area contributed by atoms with Crippen molar-refractivity contribution in [2.75, 3.05) is 6.54 Å². The van der Waals surface area contributed by atoms with Crippen LogP contribution in [0.5, 0.6) is 0 Å². The molecule has 1 aromatic heterocycles. The van der Waals surface area contributed by atoms with Gasteiger partial charge < -0.3 is 9.73 Å². The van der Waals surface area contributed by atoms with Gasteiger partial charge in [-0.1, -0.05) is 19.3 Å². The number of aromatic nitrogens is 1. The van der Waals surface area contributed by atoms with E-state index < -0.39 is 0 Å². The molecule has 0 unspecified atom stereocenters. The third-order valence-electron chi connectivity index (χ3n) is 3.31. The topological polar surface area (TPSA) is 38.1 Å². The van der Waals surface area contributed by atoms with Crippen LogP contribution in [0.2, 0.25) is 0 Å². The minimum absolute atomic E-state index is 0.168. The Hall–Kier alpha value is -0.830. The van der Waals surface area contributed by atoms with Crippen LogP contribution in [0.3, 0.4) is 0 Å². The Morgan fingerprint density at radius 1 is 1.41 bits per heavy atom. The molecule has 0 aromatic carbocycles. The maximum atomic E-state index is 5.75. The summed E-state index contributed by atoms with van der Waals surface area (Å²) in [6.45, 7) is 7.44. The Labute approximate surface area is 104 Å². The van der Waals surface area contributed by atoms with Crippen LogP contribution in [-0.2, 0) is 12.8 Å². The molecular weight excluding hydrogens is 212 g/mol. The van der Waals surface area contributed by atoms with Crippen molar-refractivity contribution in [1.82, 2.24) is 10.3 Å². The Balaban J connectivity index is 1.73. The molecule has 0 amide bonds. The van der Waals surface area contributed by atoms with Gasteiger partial charge in [0.1, 0.15) is 5.76 Å². The maximum absolute atomic E-state index is 5.75. The second-order valence-corrected chi connectivity index (χ2v) is 6.15. The fourth-order valence-electron chi connectivity index (χ4n) is 2.08. The molecule has 3 nitrogen and oxygen atoms in total. The SMILES string of the molecule is CC(C)(C)NCCc1ncc(CC2CCC2)o1. The monoisotopic (exact) mass is 236 g/mol. The summed E-state index contributed by atoms with van der Waals surface area (Å²) in [6.07, 6.45) is 7.98. The average molecular weight is 236 g/mol. The zero-order valence-corrected chi connectivity index (χ0v) is 11.3. The molecule has 1 aliphatic carbocycles. The molecule has 0 bridgehead atoms. The highest BCUT2D eigenvalue weighted by atomic mass is 16.4. The molecule has 1 aliphatic rings. The van der Waals surface area contributed by atoms with Gasteiger partial charge in [-0.3, -0.25) is 0 Å². The van der Waals surface area contributed by atoms with Crippen LogP contribution in [0.15, 0.2) is 10.6 Å². The molecule has 1 N–H and O–H groups in total. The highest BCUT2D eigenvalue weighted by Gasteiger charge is 2.19. The highest BCUT2D eigenvalue weighted by Crippen LogP contribution is 2.29. The minimum Gasteiger partial charge on any atom is -0.446 e. The third-order valence-corrected chi connectivity index (χ3v) is 3.31. The molecule has 1 saturated carbocycles. The number of oxazole rings is 1. The van der Waals surface area contributed by atoms with Crippen LogP contribution in [0.1, 0.15) is 51.7 Å². The zero-order valence-electron chi connectivity index (χ0n) is 11.3. The lowest BCUT2D eigenvalue weighted by atomic mass is 9.82. The largest absolute Gasteiger partial charge is 0.446 e. The maximum Gasteiger partial charge on any atom is 0.195 e. The van der Waals surface area contributed by atoms with Crippen molar-refractivity contribution in [2.45, 2.75) is 58.4 Å². The van der Waals surface area contributed by atoms with E-state index >= 15 is 0 Å². The summed E-state index contributed by atoms with van der Waals surface area (Å²) in [5, 5.41) is 3.44. The van der Waals surface area contributed by atoms with Crippen LogP contribution in [0.25, 0.3) is 0 Å². The van der Waals surface area contributed by atoms with E-state index in [-0.39, 0.29) is 5.54 Å². The van der Waals surface area contributed by atoms with E-state index in [9.17, 15) is 0 Å². The lowest BCUT2D eigenvalue weighted by Gasteiger charge is -2.23. The highest BCUT2D eigenvalue weighted by molar-refractivity contribution is 4.97. The molecule has 0 saturated heterocycles. The summed E-state index contributed by atoms with van der Waals surface area (Å²) in [5.74, 6) is 2.79. The molecule has 0 atom stereocenters. The number of nitrogens with zero attached hydrogens (tertiary/aromatic N) is 1. The molecule has 0 radical (unpaired) electrons. The van der Waals surface area contributed by atoms with Gasteiger partial charge in [-0.2, -0.15) is 0 Å². The van der Waals surface area contributed by atoms with Gasteiger partial charge in [0.2, 0.25) is 0 Å². The van der Waals surface area contributed by atoms with Gasteiger partial charge in [0.15, 0.2) is 5.89 Å². The number of rotatable bonds is 5. The van der Waals surface area contributed by atoms with Crippen molar-refractivity contribution < 1.29 is 4.42 Å². The van der Waals surface area contributed by atoms with Crippen molar-refractivity contribution in [1.29, 1.82) is 0 Å². The van der Waals surface area contributed by atoms with Gasteiger partial charge in [-0.05, 0) is 26.7 Å². The lowest BCUT2D eigenvalue weighted by Crippen LogP contribution is -2.37. The summed E-state index contributed by atoms with van der Waals surface area (Å²) >= 11 is 0. The molecule has 3 heteroatoms. The minimum atomic E-state index is 0.168. The summed E-state index contributed by atoms with van der Waals surface area (Å²) in [7, 11) is 0. The summed E-state index contributed by atoms with van der Waals surface area (Å²) in [5.41, 5.74) is 0.168. The third kappa shape index (κ3) is 4.15. The smallest absolute Gasteiger partial charge is 0.195 e. The van der Waals surface area contributed by atoms with Crippen LogP contribution >= 0.6 is 0 Å². The predicted molar refractivity (Wildman–Crippen MR) is 69.0 cm³/mol. The first-order valence-electron chi connectivity index (χ1n) is 6.71. The van der Waals surface area contributed by atoms with Crippen molar-refractivity contribution in [2.24, 2.45) is 5.92 Å². The van der Waals surface area contributed by atoms with E-state index in [1.807, 2.05) is 6.20 Å². The van der Waals surface area contributed by atoms with E-state index in [0.29, 0.717) is 0 Å². The van der Waals surface area contributed by atoms with Gasteiger partial charge in [0.25, 0.3) is 0 Å². The summed E-state index contributed by atoms with van der Waals surface area (Å²) in [4.78, 5) is 4.34. The van der Waals surface area contributed by atoms with Crippen molar-refractivity contribution >= 4 is 0 Å². The molecule has 96 valence electrons. The lowest BCUT2D eigenvalue weighted by molar-refractivity contribution is 0.290. The first kappa shape index (κ1) is 12.6. The first-order valence-corrected chi connectivity index (χ1v) is 6.71.